The summed E-state index contributed by atoms with van der Waals surface area (Å²) >= 11 is 0. The number of amides is 1. The quantitative estimate of drug-likeness (QED) is 0.0321. The Morgan fingerprint density at radius 1 is 0.415 bits per heavy atom. The van der Waals surface area contributed by atoms with Crippen LogP contribution in [0.4, 0.5) is 0 Å². The van der Waals surface area contributed by atoms with Crippen molar-refractivity contribution in [2.24, 2.45) is 0 Å². The van der Waals surface area contributed by atoms with Gasteiger partial charge < -0.3 is 20.3 Å². The fraction of sp³-hybridized carbons (Fsp3) is 0.898. The Kier molecular flexibility index (Phi) is 53.5. The molecule has 0 saturated carbocycles. The van der Waals surface area contributed by atoms with E-state index in [2.05, 4.69) is 31.3 Å². The normalized spacial score (nSPS) is 12.7. The molecule has 0 aliphatic rings. The largest absolute Gasteiger partial charge is 0.466 e. The highest BCUT2D eigenvalue weighted by Crippen LogP contribution is 2.17. The van der Waals surface area contributed by atoms with Crippen LogP contribution in [0, 0.1) is 0 Å². The van der Waals surface area contributed by atoms with Gasteiger partial charge in [0.2, 0.25) is 5.91 Å². The number of allylic oxidation sites excluding steroid dienone is 3. The topological polar surface area (TPSA) is 95.9 Å². The van der Waals surface area contributed by atoms with Crippen molar-refractivity contribution in [1.82, 2.24) is 5.32 Å². The maximum absolute atomic E-state index is 12.4. The number of nitrogens with one attached hydrogen (secondary N) is 1. The molecule has 0 aromatic rings. The molecule has 0 fully saturated rings. The highest BCUT2D eigenvalue weighted by Gasteiger charge is 2.18. The Morgan fingerprint density at radius 2 is 0.723 bits per heavy atom. The SMILES string of the molecule is CCCCCCCCCC/C=C/C(O)C(CO)NC(=O)CCCCCCCCCCC/C=C\CCCCCCCCCCCCCCOC(=O)CCCCCCCCCCCCCCC. The Hall–Kier alpha value is -1.66. The van der Waals surface area contributed by atoms with Crippen LogP contribution in [0.5, 0.6) is 0 Å². The fourth-order valence-electron chi connectivity index (χ4n) is 8.98. The predicted octanol–water partition coefficient (Wildman–Crippen LogP) is 17.9. The minimum absolute atomic E-state index is 0.0144. The molecule has 0 spiro atoms. The fourth-order valence-corrected chi connectivity index (χ4v) is 8.98. The number of rotatable bonds is 54. The maximum Gasteiger partial charge on any atom is 0.305 e. The van der Waals surface area contributed by atoms with Crippen molar-refractivity contribution in [3.05, 3.63) is 24.3 Å². The Balaban J connectivity index is 3.38. The number of esters is 1. The second kappa shape index (κ2) is 54.9. The molecule has 384 valence electrons. The smallest absolute Gasteiger partial charge is 0.305 e. The first-order chi connectivity index (χ1) is 32.0. The molecule has 6 nitrogen and oxygen atoms in total. The summed E-state index contributed by atoms with van der Waals surface area (Å²) in [4.78, 5) is 24.4. The minimum atomic E-state index is -0.844. The number of unbranched alkanes of at least 4 members (excludes halogenated alkanes) is 41. The van der Waals surface area contributed by atoms with Crippen molar-refractivity contribution >= 4 is 11.9 Å². The lowest BCUT2D eigenvalue weighted by molar-refractivity contribution is -0.143. The molecule has 3 N–H and O–H groups in total. The number of hydrogen-bond donors (Lipinski definition) is 3. The van der Waals surface area contributed by atoms with Crippen LogP contribution in [-0.4, -0.2) is 47.4 Å². The standard InChI is InChI=1S/C59H113NO5/c1-3-5-7-9-11-13-15-29-33-37-41-45-49-53-59(64)65-54-50-46-42-38-34-31-28-26-24-22-20-18-16-17-19-21-23-25-27-30-32-36-40-44-48-52-58(63)60-56(55-61)57(62)51-47-43-39-35-14-12-10-8-6-4-2/h17,19,47,51,56-57,61-62H,3-16,18,20-46,48-50,52-55H2,1-2H3,(H,60,63)/b19-17-,51-47+. The number of hydrogen-bond acceptors (Lipinski definition) is 5. The monoisotopic (exact) mass is 916 g/mol. The second-order valence-electron chi connectivity index (χ2n) is 20.0. The second-order valence-corrected chi connectivity index (χ2v) is 20.0. The van der Waals surface area contributed by atoms with Gasteiger partial charge in [-0.1, -0.05) is 269 Å². The molecule has 1 amide bonds. The zero-order valence-corrected chi connectivity index (χ0v) is 43.7. The van der Waals surface area contributed by atoms with Crippen molar-refractivity contribution < 1.29 is 24.5 Å². The van der Waals surface area contributed by atoms with Gasteiger partial charge in [-0.2, -0.15) is 0 Å². The van der Waals surface area contributed by atoms with E-state index in [9.17, 15) is 19.8 Å². The maximum atomic E-state index is 12.4. The van der Waals surface area contributed by atoms with Gasteiger partial charge in [-0.05, 0) is 57.8 Å². The van der Waals surface area contributed by atoms with E-state index in [-0.39, 0.29) is 18.5 Å². The molecule has 0 heterocycles. The third-order valence-corrected chi connectivity index (χ3v) is 13.5. The van der Waals surface area contributed by atoms with E-state index in [4.69, 9.17) is 4.74 Å². The zero-order chi connectivity index (χ0) is 47.2. The van der Waals surface area contributed by atoms with Gasteiger partial charge in [-0.15, -0.1) is 0 Å². The van der Waals surface area contributed by atoms with Crippen LogP contribution in [-0.2, 0) is 14.3 Å². The van der Waals surface area contributed by atoms with Crippen LogP contribution in [0.1, 0.15) is 316 Å². The lowest BCUT2D eigenvalue weighted by atomic mass is 10.0. The van der Waals surface area contributed by atoms with E-state index < -0.39 is 12.1 Å². The summed E-state index contributed by atoms with van der Waals surface area (Å²) in [5.74, 6) is -0.0580. The van der Waals surface area contributed by atoms with Gasteiger partial charge in [0.25, 0.3) is 0 Å². The van der Waals surface area contributed by atoms with Gasteiger partial charge in [0.05, 0.1) is 25.4 Å². The highest BCUT2D eigenvalue weighted by molar-refractivity contribution is 5.76. The Bertz CT molecular complexity index is 1010. The molecular formula is C59H113NO5. The molecule has 0 saturated heterocycles. The van der Waals surface area contributed by atoms with Crippen LogP contribution in [0.3, 0.4) is 0 Å². The molecule has 0 aromatic heterocycles. The van der Waals surface area contributed by atoms with Gasteiger partial charge in [-0.3, -0.25) is 9.59 Å². The molecule has 0 aliphatic carbocycles. The molecule has 0 rings (SSSR count). The van der Waals surface area contributed by atoms with Crippen molar-refractivity contribution in [2.45, 2.75) is 328 Å². The van der Waals surface area contributed by atoms with Crippen LogP contribution < -0.4 is 5.32 Å². The van der Waals surface area contributed by atoms with Crippen molar-refractivity contribution in [2.75, 3.05) is 13.2 Å². The van der Waals surface area contributed by atoms with Crippen LogP contribution >= 0.6 is 0 Å². The molecule has 0 bridgehead atoms. The van der Waals surface area contributed by atoms with Gasteiger partial charge in [0.15, 0.2) is 0 Å². The average molecular weight is 917 g/mol. The number of aliphatic hydroxyl groups excluding tert-OH is 2. The molecule has 6 heteroatoms. The highest BCUT2D eigenvalue weighted by atomic mass is 16.5. The summed E-state index contributed by atoms with van der Waals surface area (Å²) in [5.41, 5.74) is 0. The van der Waals surface area contributed by atoms with Gasteiger partial charge >= 0.3 is 5.97 Å². The van der Waals surface area contributed by atoms with Crippen molar-refractivity contribution in [1.29, 1.82) is 0 Å². The van der Waals surface area contributed by atoms with Gasteiger partial charge in [0, 0.05) is 12.8 Å². The van der Waals surface area contributed by atoms with E-state index in [1.54, 1.807) is 6.08 Å². The molecule has 0 aromatic carbocycles. The number of aliphatic hydroxyl groups is 2. The number of ether oxygens (including phenoxy) is 1. The third-order valence-electron chi connectivity index (χ3n) is 13.5. The van der Waals surface area contributed by atoms with E-state index in [0.717, 1.165) is 38.5 Å². The summed E-state index contributed by atoms with van der Waals surface area (Å²) in [6, 6.07) is -0.628. The molecule has 2 atom stereocenters. The number of carbonyl (C=O) groups excluding carboxylic acids is 2. The van der Waals surface area contributed by atoms with Crippen molar-refractivity contribution in [3.8, 4) is 0 Å². The first-order valence-corrected chi connectivity index (χ1v) is 29.1. The van der Waals surface area contributed by atoms with E-state index >= 15 is 0 Å². The first-order valence-electron chi connectivity index (χ1n) is 29.1. The van der Waals surface area contributed by atoms with Gasteiger partial charge in [-0.25, -0.2) is 0 Å². The Labute approximate surface area is 405 Å². The molecule has 0 aliphatic heterocycles. The summed E-state index contributed by atoms with van der Waals surface area (Å²) < 4.78 is 5.48. The minimum Gasteiger partial charge on any atom is -0.466 e. The van der Waals surface area contributed by atoms with Crippen molar-refractivity contribution in [3.63, 3.8) is 0 Å². The molecule has 2 unspecified atom stereocenters. The van der Waals surface area contributed by atoms with E-state index in [1.807, 2.05) is 6.08 Å². The molecular weight excluding hydrogens is 803 g/mol. The van der Waals surface area contributed by atoms with E-state index in [0.29, 0.717) is 19.4 Å². The summed E-state index contributed by atoms with van der Waals surface area (Å²) in [6.07, 6.45) is 66.4. The number of carbonyl (C=O) groups is 2. The Morgan fingerprint density at radius 3 is 1.09 bits per heavy atom. The van der Waals surface area contributed by atoms with Crippen LogP contribution in [0.25, 0.3) is 0 Å². The molecule has 65 heavy (non-hydrogen) atoms. The van der Waals surface area contributed by atoms with Crippen LogP contribution in [0.2, 0.25) is 0 Å². The van der Waals surface area contributed by atoms with Crippen LogP contribution in [0.15, 0.2) is 24.3 Å². The predicted molar refractivity (Wildman–Crippen MR) is 283 cm³/mol. The molecule has 0 radical (unpaired) electrons. The lowest BCUT2D eigenvalue weighted by Gasteiger charge is -2.20. The third kappa shape index (κ3) is 51.6. The first kappa shape index (κ1) is 63.3. The average Bonchev–Trinajstić information content (AvgIpc) is 3.31. The summed E-state index contributed by atoms with van der Waals surface area (Å²) in [5, 5.41) is 23.0. The summed E-state index contributed by atoms with van der Waals surface area (Å²) in [7, 11) is 0. The van der Waals surface area contributed by atoms with E-state index in [1.165, 1.54) is 250 Å². The summed E-state index contributed by atoms with van der Waals surface area (Å²) in [6.45, 7) is 4.89. The lowest BCUT2D eigenvalue weighted by Crippen LogP contribution is -2.45. The van der Waals surface area contributed by atoms with Gasteiger partial charge in [0.1, 0.15) is 0 Å². The zero-order valence-electron chi connectivity index (χ0n) is 43.7.